The van der Waals surface area contributed by atoms with E-state index in [0.717, 1.165) is 22.4 Å². The lowest BCUT2D eigenvalue weighted by Crippen LogP contribution is -2.21. The summed E-state index contributed by atoms with van der Waals surface area (Å²) < 4.78 is 8.33. The van der Waals surface area contributed by atoms with Crippen LogP contribution in [0.4, 0.5) is 0 Å². The number of fused-ring (bicyclic) bond motifs is 1. The fraction of sp³-hybridized carbons (Fsp3) is 0.217. The van der Waals surface area contributed by atoms with E-state index in [1.54, 1.807) is 4.68 Å². The van der Waals surface area contributed by atoms with Crippen molar-refractivity contribution in [3.63, 3.8) is 0 Å². The Kier molecular flexibility index (Phi) is 4.66. The molecule has 0 saturated carbocycles. The molecular weight excluding hydrogens is 406 g/mol. The molecule has 0 N–H and O–H groups in total. The molecule has 0 saturated heterocycles. The zero-order valence-electron chi connectivity index (χ0n) is 18.2. The van der Waals surface area contributed by atoms with Crippen molar-refractivity contribution in [3.8, 4) is 17.1 Å². The first-order valence-corrected chi connectivity index (χ1v) is 10.2. The predicted molar refractivity (Wildman–Crippen MR) is 119 cm³/mol. The van der Waals surface area contributed by atoms with Crippen molar-refractivity contribution < 1.29 is 4.52 Å². The van der Waals surface area contributed by atoms with Crippen molar-refractivity contribution >= 4 is 11.2 Å². The Hall–Kier alpha value is -4.14. The molecule has 0 aliphatic carbocycles. The van der Waals surface area contributed by atoms with Gasteiger partial charge in [-0.25, -0.2) is 4.98 Å². The molecule has 32 heavy (non-hydrogen) atoms. The molecule has 0 atom stereocenters. The molecule has 9 heteroatoms. The average Bonchev–Trinajstić information content (AvgIpc) is 3.42. The molecule has 0 unspecified atom stereocenters. The number of hydrogen-bond donors (Lipinski definition) is 0. The minimum atomic E-state index is -0.323. The van der Waals surface area contributed by atoms with Crippen LogP contribution in [0.5, 0.6) is 0 Å². The van der Waals surface area contributed by atoms with E-state index in [4.69, 9.17) is 4.52 Å². The summed E-state index contributed by atoms with van der Waals surface area (Å²) in [6.45, 7) is 8.24. The Bertz CT molecular complexity index is 1530. The molecule has 160 valence electrons. The second-order valence-electron chi connectivity index (χ2n) is 7.93. The van der Waals surface area contributed by atoms with Crippen molar-refractivity contribution in [3.05, 3.63) is 81.2 Å². The first kappa shape index (κ1) is 19.8. The maximum Gasteiger partial charge on any atom is 0.284 e. The van der Waals surface area contributed by atoms with E-state index in [0.29, 0.717) is 17.4 Å². The van der Waals surface area contributed by atoms with Gasteiger partial charge in [-0.05, 0) is 68.1 Å². The van der Waals surface area contributed by atoms with Crippen LogP contribution in [0.2, 0.25) is 0 Å². The molecule has 3 aromatic heterocycles. The third kappa shape index (κ3) is 3.37. The lowest BCUT2D eigenvalue weighted by molar-refractivity contribution is 0.369. The molecule has 0 amide bonds. The highest BCUT2D eigenvalue weighted by molar-refractivity contribution is 5.70. The fourth-order valence-electron chi connectivity index (χ4n) is 3.45. The summed E-state index contributed by atoms with van der Waals surface area (Å²) in [5, 5.41) is 12.3. The first-order valence-electron chi connectivity index (χ1n) is 10.2. The van der Waals surface area contributed by atoms with Crippen molar-refractivity contribution in [2.24, 2.45) is 0 Å². The summed E-state index contributed by atoms with van der Waals surface area (Å²) in [6.07, 6.45) is 1.45. The fourth-order valence-corrected chi connectivity index (χ4v) is 3.45. The maximum atomic E-state index is 13.0. The van der Waals surface area contributed by atoms with Crippen molar-refractivity contribution in [1.29, 1.82) is 0 Å². The number of benzene rings is 2. The van der Waals surface area contributed by atoms with Gasteiger partial charge in [0.25, 0.3) is 5.56 Å². The van der Waals surface area contributed by atoms with Crippen LogP contribution in [0, 0.1) is 27.7 Å². The Morgan fingerprint density at radius 2 is 1.69 bits per heavy atom. The third-order valence-electron chi connectivity index (χ3n) is 5.70. The summed E-state index contributed by atoms with van der Waals surface area (Å²) in [7, 11) is 0. The van der Waals surface area contributed by atoms with Gasteiger partial charge in [0.05, 0.1) is 5.69 Å². The van der Waals surface area contributed by atoms with Gasteiger partial charge in [-0.2, -0.15) is 9.67 Å². The lowest BCUT2D eigenvalue weighted by atomic mass is 10.1. The zero-order valence-corrected chi connectivity index (χ0v) is 18.2. The molecule has 0 spiro atoms. The van der Waals surface area contributed by atoms with Crippen LogP contribution in [0.3, 0.4) is 0 Å². The average molecular weight is 427 g/mol. The van der Waals surface area contributed by atoms with Gasteiger partial charge < -0.3 is 4.52 Å². The van der Waals surface area contributed by atoms with Crippen LogP contribution < -0.4 is 5.56 Å². The summed E-state index contributed by atoms with van der Waals surface area (Å²) in [5.41, 5.74) is 6.55. The van der Waals surface area contributed by atoms with Crippen molar-refractivity contribution in [2.45, 2.75) is 34.2 Å². The summed E-state index contributed by atoms with van der Waals surface area (Å²) in [5.74, 6) is 0.786. The highest BCUT2D eigenvalue weighted by Gasteiger charge is 2.16. The van der Waals surface area contributed by atoms with Gasteiger partial charge in [-0.1, -0.05) is 28.6 Å². The quantitative estimate of drug-likeness (QED) is 0.433. The smallest absolute Gasteiger partial charge is 0.284 e. The van der Waals surface area contributed by atoms with E-state index in [1.165, 1.54) is 22.0 Å². The van der Waals surface area contributed by atoms with Crippen LogP contribution in [-0.2, 0) is 6.54 Å². The highest BCUT2D eigenvalue weighted by Crippen LogP contribution is 2.20. The van der Waals surface area contributed by atoms with Gasteiger partial charge in [0.2, 0.25) is 11.7 Å². The van der Waals surface area contributed by atoms with E-state index in [9.17, 15) is 4.79 Å². The number of aryl methyl sites for hydroxylation is 4. The minimum Gasteiger partial charge on any atom is -0.337 e. The first-order chi connectivity index (χ1) is 15.4. The lowest BCUT2D eigenvalue weighted by Gasteiger charge is -2.05. The van der Waals surface area contributed by atoms with Gasteiger partial charge in [0.1, 0.15) is 12.9 Å². The van der Waals surface area contributed by atoms with Crippen LogP contribution in [-0.4, -0.2) is 34.7 Å². The van der Waals surface area contributed by atoms with E-state index in [-0.39, 0.29) is 17.6 Å². The minimum absolute atomic E-state index is 0.0934. The summed E-state index contributed by atoms with van der Waals surface area (Å²) in [6, 6.07) is 11.9. The Morgan fingerprint density at radius 1 is 0.938 bits per heavy atom. The van der Waals surface area contributed by atoms with E-state index in [2.05, 4.69) is 25.4 Å². The zero-order chi connectivity index (χ0) is 22.4. The number of nitrogens with zero attached hydrogens (tertiary/aromatic N) is 7. The molecule has 3 heterocycles. The molecule has 5 rings (SSSR count). The molecule has 0 aliphatic heterocycles. The second kappa shape index (κ2) is 7.52. The normalized spacial score (nSPS) is 11.4. The number of hydrogen-bond acceptors (Lipinski definition) is 7. The monoisotopic (exact) mass is 427 g/mol. The van der Waals surface area contributed by atoms with Crippen LogP contribution in [0.1, 0.15) is 28.1 Å². The van der Waals surface area contributed by atoms with E-state index < -0.39 is 0 Å². The molecule has 0 fully saturated rings. The summed E-state index contributed by atoms with van der Waals surface area (Å²) >= 11 is 0. The standard InChI is InChI=1S/C23H21N7O2/c1-13-5-7-17(9-15(13)3)21-25-19(32-27-21)11-29-12-24-22-20(23(29)31)26-28-30(22)18-8-6-14(2)16(4)10-18/h5-10,12H,11H2,1-4H3. The third-order valence-corrected chi connectivity index (χ3v) is 5.70. The van der Waals surface area contributed by atoms with Crippen molar-refractivity contribution in [1.82, 2.24) is 34.7 Å². The van der Waals surface area contributed by atoms with E-state index >= 15 is 0 Å². The predicted octanol–water partition coefficient (Wildman–Crippen LogP) is 3.31. The van der Waals surface area contributed by atoms with Gasteiger partial charge >= 0.3 is 0 Å². The van der Waals surface area contributed by atoms with Crippen LogP contribution in [0.15, 0.2) is 52.0 Å². The Labute approximate surface area is 183 Å². The van der Waals surface area contributed by atoms with Crippen LogP contribution >= 0.6 is 0 Å². The van der Waals surface area contributed by atoms with Crippen molar-refractivity contribution in [2.75, 3.05) is 0 Å². The van der Waals surface area contributed by atoms with Gasteiger partial charge in [-0.3, -0.25) is 9.36 Å². The van der Waals surface area contributed by atoms with Gasteiger partial charge in [0, 0.05) is 5.56 Å². The second-order valence-corrected chi connectivity index (χ2v) is 7.93. The number of aromatic nitrogens is 7. The molecule has 5 aromatic rings. The van der Waals surface area contributed by atoms with Gasteiger partial charge in [-0.15, -0.1) is 5.10 Å². The highest BCUT2D eigenvalue weighted by atomic mass is 16.5. The topological polar surface area (TPSA) is 105 Å². The summed E-state index contributed by atoms with van der Waals surface area (Å²) in [4.78, 5) is 21.8. The molecule has 0 bridgehead atoms. The molecular formula is C23H21N7O2. The number of rotatable bonds is 4. The van der Waals surface area contributed by atoms with Gasteiger partial charge in [0.15, 0.2) is 11.2 Å². The molecule has 0 radical (unpaired) electrons. The molecule has 2 aromatic carbocycles. The SMILES string of the molecule is Cc1ccc(-c2noc(Cn3cnc4c(nnn4-c4ccc(C)c(C)c4)c3=O)n2)cc1C. The maximum absolute atomic E-state index is 13.0. The molecule has 0 aliphatic rings. The van der Waals surface area contributed by atoms with Crippen LogP contribution in [0.25, 0.3) is 28.2 Å². The Morgan fingerprint density at radius 3 is 2.44 bits per heavy atom. The Balaban J connectivity index is 1.46. The van der Waals surface area contributed by atoms with E-state index in [1.807, 2.05) is 64.1 Å². The molecule has 9 nitrogen and oxygen atoms in total. The largest absolute Gasteiger partial charge is 0.337 e.